The molecule has 0 unspecified atom stereocenters. The zero-order chi connectivity index (χ0) is 10.7. The van der Waals surface area contributed by atoms with Crippen molar-refractivity contribution in [3.63, 3.8) is 0 Å². The molecule has 0 fully saturated rings. The summed E-state index contributed by atoms with van der Waals surface area (Å²) in [6, 6.07) is 2.04. The lowest BCUT2D eigenvalue weighted by molar-refractivity contribution is -0.109. The fourth-order valence-corrected chi connectivity index (χ4v) is 2.00. The first kappa shape index (κ1) is 10.4. The van der Waals surface area contributed by atoms with Crippen LogP contribution in [0.25, 0.3) is 0 Å². The minimum atomic E-state index is 0.135. The van der Waals surface area contributed by atoms with Gasteiger partial charge in [0.05, 0.1) is 17.9 Å². The van der Waals surface area contributed by atoms with Crippen molar-refractivity contribution >= 4 is 23.1 Å². The molecule has 0 N–H and O–H groups in total. The highest BCUT2D eigenvalue weighted by molar-refractivity contribution is 8.12. The zero-order valence-electron chi connectivity index (χ0n) is 8.64. The molecule has 2 rings (SSSR count). The fourth-order valence-electron chi connectivity index (χ4n) is 1.51. The molecule has 0 saturated carbocycles. The van der Waals surface area contributed by atoms with Gasteiger partial charge in [-0.05, 0) is 6.07 Å². The van der Waals surface area contributed by atoms with E-state index in [0.717, 1.165) is 24.4 Å². The van der Waals surface area contributed by atoms with Crippen LogP contribution in [0.5, 0.6) is 0 Å². The number of fused-ring (bicyclic) bond motifs is 1. The van der Waals surface area contributed by atoms with Gasteiger partial charge in [0.25, 0.3) is 0 Å². The Morgan fingerprint density at radius 3 is 3.33 bits per heavy atom. The van der Waals surface area contributed by atoms with Crippen LogP contribution in [-0.2, 0) is 23.6 Å². The normalized spacial score (nSPS) is 14.7. The van der Waals surface area contributed by atoms with E-state index in [1.807, 2.05) is 17.0 Å². The molecule has 1 aliphatic rings. The Labute approximate surface area is 92.8 Å². The molecule has 0 atom stereocenters. The number of aliphatic imine (C=N–C) groups is 1. The molecule has 80 valence electrons. The summed E-state index contributed by atoms with van der Waals surface area (Å²) in [5, 5.41) is 4.58. The lowest BCUT2D eigenvalue weighted by Crippen LogP contribution is -2.02. The SMILES string of the molecule is CC(=O)SCc1cc2n(n1)CCC=NC2. The molecule has 0 amide bonds. The molecule has 0 aliphatic carbocycles. The van der Waals surface area contributed by atoms with Crippen LogP contribution in [0.4, 0.5) is 0 Å². The predicted octanol–water partition coefficient (Wildman–Crippen LogP) is 1.64. The van der Waals surface area contributed by atoms with Crippen molar-refractivity contribution in [1.82, 2.24) is 9.78 Å². The van der Waals surface area contributed by atoms with Crippen LogP contribution in [0.2, 0.25) is 0 Å². The highest BCUT2D eigenvalue weighted by Crippen LogP contribution is 2.15. The predicted molar refractivity (Wildman–Crippen MR) is 61.0 cm³/mol. The van der Waals surface area contributed by atoms with Crippen molar-refractivity contribution in [1.29, 1.82) is 0 Å². The van der Waals surface area contributed by atoms with Gasteiger partial charge in [0, 0.05) is 31.9 Å². The topological polar surface area (TPSA) is 47.2 Å². The average Bonchev–Trinajstić information content (AvgIpc) is 2.46. The third-order valence-electron chi connectivity index (χ3n) is 2.19. The van der Waals surface area contributed by atoms with Gasteiger partial charge in [-0.3, -0.25) is 14.5 Å². The van der Waals surface area contributed by atoms with Crippen molar-refractivity contribution < 1.29 is 4.79 Å². The number of carbonyl (C=O) groups is 1. The molecule has 0 bridgehead atoms. The van der Waals surface area contributed by atoms with Crippen molar-refractivity contribution in [2.24, 2.45) is 4.99 Å². The van der Waals surface area contributed by atoms with E-state index in [9.17, 15) is 4.79 Å². The van der Waals surface area contributed by atoms with Gasteiger partial charge in [0.2, 0.25) is 0 Å². The van der Waals surface area contributed by atoms with Gasteiger partial charge in [-0.15, -0.1) is 0 Å². The second-order valence-corrected chi connectivity index (χ2v) is 4.59. The van der Waals surface area contributed by atoms with Crippen molar-refractivity contribution in [2.45, 2.75) is 32.2 Å². The summed E-state index contributed by atoms with van der Waals surface area (Å²) in [4.78, 5) is 15.1. The number of nitrogens with zero attached hydrogens (tertiary/aromatic N) is 3. The molecule has 0 saturated heterocycles. The number of carbonyl (C=O) groups excluding carboxylic acids is 1. The van der Waals surface area contributed by atoms with E-state index in [1.54, 1.807) is 6.92 Å². The monoisotopic (exact) mass is 223 g/mol. The van der Waals surface area contributed by atoms with Gasteiger partial charge in [0.1, 0.15) is 0 Å². The van der Waals surface area contributed by atoms with E-state index in [4.69, 9.17) is 0 Å². The lowest BCUT2D eigenvalue weighted by atomic mass is 10.4. The minimum Gasteiger partial charge on any atom is -0.291 e. The Kier molecular flexibility index (Phi) is 3.20. The Hall–Kier alpha value is -1.10. The molecule has 1 aliphatic heterocycles. The molecule has 2 heterocycles. The van der Waals surface area contributed by atoms with Crippen LogP contribution in [0, 0.1) is 0 Å². The molecule has 5 heteroatoms. The molecular weight excluding hydrogens is 210 g/mol. The number of hydrogen-bond acceptors (Lipinski definition) is 4. The molecule has 4 nitrogen and oxygen atoms in total. The highest BCUT2D eigenvalue weighted by atomic mass is 32.2. The molecule has 1 aromatic rings. The first-order chi connectivity index (χ1) is 7.25. The summed E-state index contributed by atoms with van der Waals surface area (Å²) in [7, 11) is 0. The maximum Gasteiger partial charge on any atom is 0.186 e. The fraction of sp³-hybridized carbons (Fsp3) is 0.500. The van der Waals surface area contributed by atoms with Crippen molar-refractivity contribution in [3.05, 3.63) is 17.5 Å². The number of aromatic nitrogens is 2. The summed E-state index contributed by atoms with van der Waals surface area (Å²) in [6.07, 6.45) is 2.88. The summed E-state index contributed by atoms with van der Waals surface area (Å²) in [5.74, 6) is 0.666. The van der Waals surface area contributed by atoms with Gasteiger partial charge < -0.3 is 0 Å². The Bertz CT molecular complexity index is 397. The average molecular weight is 223 g/mol. The van der Waals surface area contributed by atoms with E-state index < -0.39 is 0 Å². The zero-order valence-corrected chi connectivity index (χ0v) is 9.46. The number of rotatable bonds is 2. The lowest BCUT2D eigenvalue weighted by Gasteiger charge is -1.98. The standard InChI is InChI=1S/C10H13N3OS/c1-8(14)15-7-9-5-10-6-11-3-2-4-13(10)12-9/h3,5H,2,4,6-7H2,1H3. The first-order valence-electron chi connectivity index (χ1n) is 4.93. The molecule has 15 heavy (non-hydrogen) atoms. The van der Waals surface area contributed by atoms with Crippen LogP contribution >= 0.6 is 11.8 Å². The minimum absolute atomic E-state index is 0.135. The van der Waals surface area contributed by atoms with Gasteiger partial charge in [-0.2, -0.15) is 5.10 Å². The van der Waals surface area contributed by atoms with E-state index in [1.165, 1.54) is 11.8 Å². The molecule has 0 spiro atoms. The summed E-state index contributed by atoms with van der Waals surface area (Å²) >= 11 is 1.30. The summed E-state index contributed by atoms with van der Waals surface area (Å²) in [5.41, 5.74) is 2.12. The second-order valence-electron chi connectivity index (χ2n) is 3.44. The molecular formula is C10H13N3OS. The number of hydrogen-bond donors (Lipinski definition) is 0. The quantitative estimate of drug-likeness (QED) is 0.765. The summed E-state index contributed by atoms with van der Waals surface area (Å²) < 4.78 is 1.99. The van der Waals surface area contributed by atoms with E-state index in [-0.39, 0.29) is 5.12 Å². The first-order valence-corrected chi connectivity index (χ1v) is 5.91. The van der Waals surface area contributed by atoms with Crippen LogP contribution in [-0.4, -0.2) is 21.1 Å². The second kappa shape index (κ2) is 4.61. The Balaban J connectivity index is 2.08. The molecule has 0 aromatic carbocycles. The van der Waals surface area contributed by atoms with E-state index >= 15 is 0 Å². The van der Waals surface area contributed by atoms with Gasteiger partial charge in [0.15, 0.2) is 5.12 Å². The molecule has 0 radical (unpaired) electrons. The van der Waals surface area contributed by atoms with Crippen molar-refractivity contribution in [2.75, 3.05) is 0 Å². The Morgan fingerprint density at radius 1 is 1.67 bits per heavy atom. The maximum atomic E-state index is 10.8. The van der Waals surface area contributed by atoms with Gasteiger partial charge in [-0.25, -0.2) is 0 Å². The Morgan fingerprint density at radius 2 is 2.53 bits per heavy atom. The van der Waals surface area contributed by atoms with Crippen LogP contribution < -0.4 is 0 Å². The maximum absolute atomic E-state index is 10.8. The van der Waals surface area contributed by atoms with Crippen molar-refractivity contribution in [3.8, 4) is 0 Å². The van der Waals surface area contributed by atoms with Gasteiger partial charge >= 0.3 is 0 Å². The third-order valence-corrected chi connectivity index (χ3v) is 3.04. The number of aryl methyl sites for hydroxylation is 1. The van der Waals surface area contributed by atoms with E-state index in [0.29, 0.717) is 12.3 Å². The molecule has 1 aromatic heterocycles. The van der Waals surface area contributed by atoms with E-state index in [2.05, 4.69) is 10.1 Å². The highest BCUT2D eigenvalue weighted by Gasteiger charge is 2.09. The number of thioether (sulfide) groups is 1. The van der Waals surface area contributed by atoms with Crippen LogP contribution in [0.1, 0.15) is 24.7 Å². The third kappa shape index (κ3) is 2.68. The largest absolute Gasteiger partial charge is 0.291 e. The summed E-state index contributed by atoms with van der Waals surface area (Å²) in [6.45, 7) is 3.18. The van der Waals surface area contributed by atoms with Crippen LogP contribution in [0.15, 0.2) is 11.1 Å². The smallest absolute Gasteiger partial charge is 0.186 e. The van der Waals surface area contributed by atoms with Crippen LogP contribution in [0.3, 0.4) is 0 Å². The van der Waals surface area contributed by atoms with Gasteiger partial charge in [-0.1, -0.05) is 11.8 Å².